The lowest BCUT2D eigenvalue weighted by atomic mass is 9.84. The van der Waals surface area contributed by atoms with Gasteiger partial charge >= 0.3 is 0 Å². The summed E-state index contributed by atoms with van der Waals surface area (Å²) in [7, 11) is 0. The summed E-state index contributed by atoms with van der Waals surface area (Å²) in [4.78, 5) is 4.73. The summed E-state index contributed by atoms with van der Waals surface area (Å²) in [6.45, 7) is 2.15. The van der Waals surface area contributed by atoms with Crippen molar-refractivity contribution < 1.29 is 0 Å². The molecular weight excluding hydrogens is 206 g/mol. The first kappa shape index (κ1) is 10.8. The van der Waals surface area contributed by atoms with Crippen molar-refractivity contribution in [3.05, 3.63) is 41.7 Å². The molecule has 17 heavy (non-hydrogen) atoms. The SMILES string of the molecule is Cc1cnc(C2CCCCC2)c2ccccc12. The molecular formula is C16H19N. The van der Waals surface area contributed by atoms with Crippen LogP contribution in [0.15, 0.2) is 30.5 Å². The van der Waals surface area contributed by atoms with E-state index < -0.39 is 0 Å². The van der Waals surface area contributed by atoms with Gasteiger partial charge in [-0.15, -0.1) is 0 Å². The lowest BCUT2D eigenvalue weighted by Crippen LogP contribution is -2.07. The Balaban J connectivity index is 2.12. The number of hydrogen-bond donors (Lipinski definition) is 0. The number of benzene rings is 1. The van der Waals surface area contributed by atoms with Gasteiger partial charge in [-0.2, -0.15) is 0 Å². The summed E-state index contributed by atoms with van der Waals surface area (Å²) in [5.41, 5.74) is 2.63. The number of rotatable bonds is 1. The van der Waals surface area contributed by atoms with E-state index in [9.17, 15) is 0 Å². The molecule has 1 aromatic heterocycles. The summed E-state index contributed by atoms with van der Waals surface area (Å²) >= 11 is 0. The van der Waals surface area contributed by atoms with Gasteiger partial charge in [0, 0.05) is 17.5 Å². The fourth-order valence-corrected chi connectivity index (χ4v) is 3.06. The molecule has 1 fully saturated rings. The van der Waals surface area contributed by atoms with Gasteiger partial charge < -0.3 is 0 Å². The first-order chi connectivity index (χ1) is 8.36. The zero-order valence-corrected chi connectivity index (χ0v) is 10.4. The largest absolute Gasteiger partial charge is 0.260 e. The minimum Gasteiger partial charge on any atom is -0.260 e. The maximum absolute atomic E-state index is 4.73. The van der Waals surface area contributed by atoms with Gasteiger partial charge in [-0.3, -0.25) is 4.98 Å². The minimum absolute atomic E-state index is 0.689. The molecule has 0 spiro atoms. The molecule has 0 radical (unpaired) electrons. The Bertz CT molecular complexity index is 524. The van der Waals surface area contributed by atoms with Gasteiger partial charge in [-0.05, 0) is 30.7 Å². The van der Waals surface area contributed by atoms with Gasteiger partial charge in [-0.25, -0.2) is 0 Å². The van der Waals surface area contributed by atoms with Crippen molar-refractivity contribution in [1.82, 2.24) is 4.98 Å². The Hall–Kier alpha value is -1.37. The van der Waals surface area contributed by atoms with Gasteiger partial charge in [0.05, 0.1) is 5.69 Å². The molecule has 1 aromatic carbocycles. The van der Waals surface area contributed by atoms with E-state index in [1.165, 1.54) is 54.1 Å². The maximum Gasteiger partial charge on any atom is 0.0512 e. The van der Waals surface area contributed by atoms with E-state index in [1.807, 2.05) is 6.20 Å². The van der Waals surface area contributed by atoms with Crippen LogP contribution in [0.25, 0.3) is 10.8 Å². The predicted octanol–water partition coefficient (Wildman–Crippen LogP) is 4.59. The molecule has 1 nitrogen and oxygen atoms in total. The molecule has 0 aliphatic heterocycles. The van der Waals surface area contributed by atoms with Crippen LogP contribution >= 0.6 is 0 Å². The van der Waals surface area contributed by atoms with Crippen LogP contribution in [0.1, 0.15) is 49.3 Å². The van der Waals surface area contributed by atoms with Gasteiger partial charge in [0.1, 0.15) is 0 Å². The number of aromatic nitrogens is 1. The maximum atomic E-state index is 4.73. The summed E-state index contributed by atoms with van der Waals surface area (Å²) in [6.07, 6.45) is 8.83. The van der Waals surface area contributed by atoms with Gasteiger partial charge in [0.15, 0.2) is 0 Å². The molecule has 0 N–H and O–H groups in total. The van der Waals surface area contributed by atoms with E-state index in [0.29, 0.717) is 5.92 Å². The van der Waals surface area contributed by atoms with Gasteiger partial charge in [-0.1, -0.05) is 43.5 Å². The third-order valence-electron chi connectivity index (χ3n) is 4.02. The fourth-order valence-electron chi connectivity index (χ4n) is 3.06. The Morgan fingerprint density at radius 3 is 2.47 bits per heavy atom. The molecule has 0 atom stereocenters. The van der Waals surface area contributed by atoms with E-state index >= 15 is 0 Å². The van der Waals surface area contributed by atoms with Crippen LogP contribution in [0, 0.1) is 6.92 Å². The van der Waals surface area contributed by atoms with E-state index in [2.05, 4.69) is 31.2 Å². The summed E-state index contributed by atoms with van der Waals surface area (Å²) in [5.74, 6) is 0.689. The van der Waals surface area contributed by atoms with E-state index in [-0.39, 0.29) is 0 Å². The highest BCUT2D eigenvalue weighted by Gasteiger charge is 2.19. The number of nitrogens with zero attached hydrogens (tertiary/aromatic N) is 1. The zero-order valence-electron chi connectivity index (χ0n) is 10.4. The van der Waals surface area contributed by atoms with Crippen molar-refractivity contribution in [3.63, 3.8) is 0 Å². The van der Waals surface area contributed by atoms with E-state index in [0.717, 1.165) is 0 Å². The van der Waals surface area contributed by atoms with Crippen LogP contribution in [-0.4, -0.2) is 4.98 Å². The van der Waals surface area contributed by atoms with Crippen molar-refractivity contribution in [2.45, 2.75) is 44.9 Å². The second kappa shape index (κ2) is 4.48. The molecule has 0 saturated heterocycles. The Morgan fingerprint density at radius 2 is 1.71 bits per heavy atom. The first-order valence-corrected chi connectivity index (χ1v) is 6.70. The minimum atomic E-state index is 0.689. The summed E-state index contributed by atoms with van der Waals surface area (Å²) < 4.78 is 0. The van der Waals surface area contributed by atoms with E-state index in [1.54, 1.807) is 0 Å². The highest BCUT2D eigenvalue weighted by molar-refractivity contribution is 5.87. The van der Waals surface area contributed by atoms with Crippen molar-refractivity contribution >= 4 is 10.8 Å². The second-order valence-corrected chi connectivity index (χ2v) is 5.21. The lowest BCUT2D eigenvalue weighted by molar-refractivity contribution is 0.439. The first-order valence-electron chi connectivity index (χ1n) is 6.70. The number of pyridine rings is 1. The summed E-state index contributed by atoms with van der Waals surface area (Å²) in [6, 6.07) is 8.72. The van der Waals surface area contributed by atoms with Crippen molar-refractivity contribution in [2.24, 2.45) is 0 Å². The van der Waals surface area contributed by atoms with Crippen molar-refractivity contribution in [3.8, 4) is 0 Å². The van der Waals surface area contributed by atoms with E-state index in [4.69, 9.17) is 4.98 Å². The average molecular weight is 225 g/mol. The number of hydrogen-bond acceptors (Lipinski definition) is 1. The Kier molecular flexibility index (Phi) is 2.84. The van der Waals surface area contributed by atoms with Crippen LogP contribution < -0.4 is 0 Å². The summed E-state index contributed by atoms with van der Waals surface area (Å²) in [5, 5.41) is 2.75. The smallest absolute Gasteiger partial charge is 0.0512 e. The molecule has 1 aliphatic carbocycles. The monoisotopic (exact) mass is 225 g/mol. The topological polar surface area (TPSA) is 12.9 Å². The molecule has 3 rings (SSSR count). The molecule has 1 heteroatoms. The molecule has 1 saturated carbocycles. The van der Waals surface area contributed by atoms with Gasteiger partial charge in [0.25, 0.3) is 0 Å². The lowest BCUT2D eigenvalue weighted by Gasteiger charge is -2.22. The van der Waals surface area contributed by atoms with Crippen LogP contribution in [0.4, 0.5) is 0 Å². The number of fused-ring (bicyclic) bond motifs is 1. The Morgan fingerprint density at radius 1 is 1.00 bits per heavy atom. The standard InChI is InChI=1S/C16H19N/c1-12-11-17-16(13-7-3-2-4-8-13)15-10-6-5-9-14(12)15/h5-6,9-11,13H,2-4,7-8H2,1H3. The fraction of sp³-hybridized carbons (Fsp3) is 0.438. The molecule has 1 heterocycles. The Labute approximate surface area is 103 Å². The molecule has 2 aromatic rings. The van der Waals surface area contributed by atoms with Crippen LogP contribution in [-0.2, 0) is 0 Å². The van der Waals surface area contributed by atoms with Crippen molar-refractivity contribution in [1.29, 1.82) is 0 Å². The molecule has 1 aliphatic rings. The normalized spacial score (nSPS) is 17.5. The highest BCUT2D eigenvalue weighted by atomic mass is 14.7. The number of aryl methyl sites for hydroxylation is 1. The second-order valence-electron chi connectivity index (χ2n) is 5.21. The van der Waals surface area contributed by atoms with Crippen LogP contribution in [0.5, 0.6) is 0 Å². The zero-order chi connectivity index (χ0) is 11.7. The quantitative estimate of drug-likeness (QED) is 0.691. The highest BCUT2D eigenvalue weighted by Crippen LogP contribution is 2.35. The average Bonchev–Trinajstić information content (AvgIpc) is 2.41. The third-order valence-corrected chi connectivity index (χ3v) is 4.02. The molecule has 0 unspecified atom stereocenters. The van der Waals surface area contributed by atoms with Crippen molar-refractivity contribution in [2.75, 3.05) is 0 Å². The van der Waals surface area contributed by atoms with Crippen LogP contribution in [0.2, 0.25) is 0 Å². The van der Waals surface area contributed by atoms with Crippen LogP contribution in [0.3, 0.4) is 0 Å². The molecule has 0 bridgehead atoms. The third kappa shape index (κ3) is 1.95. The van der Waals surface area contributed by atoms with Gasteiger partial charge in [0.2, 0.25) is 0 Å². The molecule has 0 amide bonds. The predicted molar refractivity (Wildman–Crippen MR) is 72.3 cm³/mol. The molecule has 88 valence electrons.